The average molecular weight is 1680 g/mol. The highest BCUT2D eigenvalue weighted by Crippen LogP contribution is 2.27. The molecule has 1 amide bonds. The van der Waals surface area contributed by atoms with Crippen LogP contribution in [0.2, 0.25) is 0 Å². The number of hydrazine groups is 1. The van der Waals surface area contributed by atoms with E-state index in [0.717, 1.165) is 18.5 Å². The van der Waals surface area contributed by atoms with Crippen molar-refractivity contribution < 1.29 is 60.0 Å². The summed E-state index contributed by atoms with van der Waals surface area (Å²) >= 11 is 30.7. The minimum Gasteiger partial charge on any atom is -0.375 e. The maximum atomic E-state index is 14.4. The van der Waals surface area contributed by atoms with Gasteiger partial charge in [0.2, 0.25) is 0 Å². The molecule has 0 aliphatic heterocycles. The van der Waals surface area contributed by atoms with Crippen LogP contribution in [-0.4, -0.2) is 77.8 Å². The van der Waals surface area contributed by atoms with Gasteiger partial charge in [0.25, 0.3) is 11.1 Å². The molecule has 0 aromatic heterocycles. The van der Waals surface area contributed by atoms with Crippen LogP contribution in [0.4, 0.5) is 26.3 Å². The summed E-state index contributed by atoms with van der Waals surface area (Å²) in [4.78, 5) is 68.6. The van der Waals surface area contributed by atoms with E-state index in [1.54, 1.807) is 68.8 Å². The first-order chi connectivity index (χ1) is 45.1. The third-order valence-electron chi connectivity index (χ3n) is 11.5. The Morgan fingerprint density at radius 3 is 0.979 bits per heavy atom. The fourth-order valence-electron chi connectivity index (χ4n) is 7.18. The highest BCUT2D eigenvalue weighted by Gasteiger charge is 2.21. The van der Waals surface area contributed by atoms with Crippen molar-refractivity contribution in [1.29, 1.82) is 0 Å². The molecule has 0 aliphatic rings. The summed E-state index contributed by atoms with van der Waals surface area (Å²) in [5.41, 5.74) is 18.1. The maximum Gasteiger partial charge on any atom is 0.280 e. The van der Waals surface area contributed by atoms with E-state index in [-0.39, 0.29) is 66.0 Å². The number of hydroxylamine groups is 3. The molecule has 9 aromatic rings. The minimum absolute atomic E-state index is 0.00634. The summed E-state index contributed by atoms with van der Waals surface area (Å²) < 4.78 is 86.0. The van der Waals surface area contributed by atoms with Gasteiger partial charge in [-0.15, -0.1) is 0 Å². The lowest BCUT2D eigenvalue weighted by Crippen LogP contribution is -2.34. The predicted octanol–water partition coefficient (Wildman–Crippen LogP) is 15.8. The van der Waals surface area contributed by atoms with Crippen LogP contribution in [0.1, 0.15) is 79.6 Å². The predicted molar refractivity (Wildman–Crippen MR) is 382 cm³/mol. The first kappa shape index (κ1) is 81.5. The summed E-state index contributed by atoms with van der Waals surface area (Å²) in [5.74, 6) is -1.02. The number of carbonyl (C=O) groups is 5. The number of halogens is 12. The van der Waals surface area contributed by atoms with E-state index in [1.807, 2.05) is 23.6 Å². The summed E-state index contributed by atoms with van der Waals surface area (Å²) in [6, 6.07) is 49.3. The Kier molecular flexibility index (Phi) is 36.6. The Bertz CT molecular complexity index is 4060. The Morgan fingerprint density at radius 2 is 0.716 bits per heavy atom. The van der Waals surface area contributed by atoms with Crippen LogP contribution in [-0.2, 0) is 9.68 Å². The van der Waals surface area contributed by atoms with E-state index < -0.39 is 63.4 Å². The number of rotatable bonds is 13. The molecule has 0 heterocycles. The minimum atomic E-state index is -0.766. The summed E-state index contributed by atoms with van der Waals surface area (Å²) in [6.45, 7) is 0. The Labute approximate surface area is 600 Å². The lowest BCUT2D eigenvalue weighted by atomic mass is 9.96. The van der Waals surface area contributed by atoms with Gasteiger partial charge in [0.15, 0.2) is 27.6 Å². The Morgan fingerprint density at radius 1 is 0.453 bits per heavy atom. The first-order valence-electron chi connectivity index (χ1n) is 26.5. The van der Waals surface area contributed by atoms with Crippen molar-refractivity contribution >= 4 is 160 Å². The topological polar surface area (TPSA) is 234 Å². The van der Waals surface area contributed by atoms with Crippen molar-refractivity contribution in [3.63, 3.8) is 0 Å². The molecule has 0 atom stereocenters. The number of amides is 1. The smallest absolute Gasteiger partial charge is 0.280 e. The van der Waals surface area contributed by atoms with Gasteiger partial charge in [-0.1, -0.05) is 152 Å². The molecule has 95 heavy (non-hydrogen) atoms. The molecule has 29 heteroatoms. The second-order valence-corrected chi connectivity index (χ2v) is 23.8. The SMILES string of the molecule is Brc1cc(Br)cc(Br)c1.CNOC.CON(C)C(=O)c1ccccc1F.NC(=S)NN=C(c1cc(Br)cc(C(=O)c2ccccc2F)c1)c1ccccc1F.NNC(N)=S.O=C(Cl)c1ccccc1F.O=C(c1cc(Br)cc(C(=O)c2ccccc2F)c1)c1ccccc1F. The molecule has 9 N–H and O–H groups in total. The van der Waals surface area contributed by atoms with Crippen molar-refractivity contribution in [1.82, 2.24) is 21.4 Å². The largest absolute Gasteiger partial charge is 0.375 e. The standard InChI is InChI=1S/C21H14BrF2N3OS.C20H11BrF2O2.C9H10FNO2.C7H4ClFO.C6H3Br3.C2H7NO.CH5N3S/c22-14-10-12(9-13(11-14)20(28)16-6-2-4-8-18(16)24)19(26-27-21(25)29)15-5-1-3-7-17(15)23;21-14-10-12(19(24)15-5-1-3-7-17(15)22)9-13(11-14)20(25)16-6-2-4-8-18(16)23;1-11(13-2)9(12)7-5-3-4-6-8(7)10;8-7(10)5-3-1-2-4-6(5)9;7-4-1-5(8)3-6(9)2-4;1-3-4-2;2-1(5)4-3/h1-11H,(H3,25,27,29);1-11H;3-6H,1-2H3;1-4H;1-3H;3H,1-2H3;3H2,(H3,2,4,5). The van der Waals surface area contributed by atoms with E-state index in [9.17, 15) is 50.3 Å². The van der Waals surface area contributed by atoms with E-state index in [2.05, 4.69) is 123 Å². The molecular formula is C66H54Br5ClF6N8O7S2. The van der Waals surface area contributed by atoms with Crippen LogP contribution in [0.15, 0.2) is 228 Å². The Balaban J connectivity index is 0.000000319. The number of hydrogen-bond donors (Lipinski definition) is 6. The number of thiocarbonyl (C=S) groups is 2. The number of nitrogens with one attached hydrogen (secondary N) is 3. The number of hydrogen-bond acceptors (Lipinski definition) is 12. The zero-order valence-electron chi connectivity index (χ0n) is 49.9. The van der Waals surface area contributed by atoms with Crippen molar-refractivity contribution in [2.45, 2.75) is 0 Å². The van der Waals surface area contributed by atoms with Crippen molar-refractivity contribution in [3.05, 3.63) is 313 Å². The van der Waals surface area contributed by atoms with Crippen LogP contribution >= 0.6 is 116 Å². The molecule has 0 saturated heterocycles. The molecule has 496 valence electrons. The van der Waals surface area contributed by atoms with Gasteiger partial charge in [-0.05, 0) is 163 Å². The highest BCUT2D eigenvalue weighted by molar-refractivity contribution is 9.11. The van der Waals surface area contributed by atoms with Crippen LogP contribution < -0.4 is 33.6 Å². The number of ketones is 3. The van der Waals surface area contributed by atoms with Gasteiger partial charge < -0.3 is 21.7 Å². The third kappa shape index (κ3) is 27.9. The van der Waals surface area contributed by atoms with E-state index in [4.69, 9.17) is 35.3 Å². The van der Waals surface area contributed by atoms with Gasteiger partial charge in [-0.2, -0.15) is 5.10 Å². The third-order valence-corrected chi connectivity index (χ3v) is 14.2. The molecule has 0 aliphatic carbocycles. The molecule has 9 rings (SSSR count). The molecule has 0 bridgehead atoms. The number of nitrogens with zero attached hydrogens (tertiary/aromatic N) is 2. The molecule has 0 radical (unpaired) electrons. The summed E-state index contributed by atoms with van der Waals surface area (Å²) in [6.07, 6.45) is 0. The van der Waals surface area contributed by atoms with Crippen molar-refractivity contribution in [2.75, 3.05) is 28.3 Å². The second kappa shape index (κ2) is 42.7. The average Bonchev–Trinajstić information content (AvgIpc) is 0.837. The van der Waals surface area contributed by atoms with Crippen LogP contribution in [0.5, 0.6) is 0 Å². The normalized spacial score (nSPS) is 10.1. The molecule has 0 spiro atoms. The maximum absolute atomic E-state index is 14.4. The Hall–Kier alpha value is -7.71. The van der Waals surface area contributed by atoms with Crippen LogP contribution in [0, 0.1) is 34.9 Å². The molecular weight excluding hydrogens is 1630 g/mol. The van der Waals surface area contributed by atoms with E-state index in [0.29, 0.717) is 14.5 Å². The zero-order valence-corrected chi connectivity index (χ0v) is 60.2. The zero-order chi connectivity index (χ0) is 70.9. The molecule has 0 unspecified atom stereocenters. The van der Waals surface area contributed by atoms with Crippen molar-refractivity contribution in [2.24, 2.45) is 22.4 Å². The first-order valence-corrected chi connectivity index (χ1v) is 31.7. The lowest BCUT2D eigenvalue weighted by Gasteiger charge is -2.13. The number of benzene rings is 9. The highest BCUT2D eigenvalue weighted by atomic mass is 79.9. The number of nitrogens with two attached hydrogens (primary N) is 3. The summed E-state index contributed by atoms with van der Waals surface area (Å²) in [7, 11) is 6.05. The molecule has 0 saturated carbocycles. The molecule has 9 aromatic carbocycles. The van der Waals surface area contributed by atoms with Gasteiger partial charge in [0.05, 0.1) is 42.0 Å². The quantitative estimate of drug-likeness (QED) is 0.0120. The fraction of sp³-hybridized carbons (Fsp3) is 0.0606. The van der Waals surface area contributed by atoms with Crippen LogP contribution in [0.3, 0.4) is 0 Å². The van der Waals surface area contributed by atoms with E-state index >= 15 is 0 Å². The second-order valence-electron chi connectivity index (χ2n) is 18.0. The number of carbonyl (C=O) groups excluding carboxylic acids is 5. The lowest BCUT2D eigenvalue weighted by molar-refractivity contribution is -0.0759. The van der Waals surface area contributed by atoms with Crippen LogP contribution in [0.25, 0.3) is 0 Å². The van der Waals surface area contributed by atoms with Gasteiger partial charge in [0, 0.05) is 64.3 Å². The molecule has 15 nitrogen and oxygen atoms in total. The summed E-state index contributed by atoms with van der Waals surface area (Å²) in [5, 5.41) is 4.33. The molecule has 0 fully saturated rings. The van der Waals surface area contributed by atoms with Gasteiger partial charge in [-0.3, -0.25) is 34.2 Å². The number of hydrazone groups is 1. The van der Waals surface area contributed by atoms with Gasteiger partial charge in [0.1, 0.15) is 40.6 Å². The van der Waals surface area contributed by atoms with Gasteiger partial charge in [-0.25, -0.2) is 42.7 Å². The van der Waals surface area contributed by atoms with Gasteiger partial charge >= 0.3 is 0 Å². The monoisotopic (exact) mass is 1680 g/mol. The van der Waals surface area contributed by atoms with Crippen molar-refractivity contribution in [3.8, 4) is 0 Å². The van der Waals surface area contributed by atoms with E-state index in [1.165, 1.54) is 142 Å². The fourth-order valence-corrected chi connectivity index (χ4v) is 10.8.